The lowest BCUT2D eigenvalue weighted by atomic mass is 10.0. The molecule has 4 heterocycles. The zero-order chi connectivity index (χ0) is 33.9. The van der Waals surface area contributed by atoms with Crippen molar-refractivity contribution in [2.45, 2.75) is 0 Å². The van der Waals surface area contributed by atoms with Crippen LogP contribution in [-0.4, -0.2) is 18.9 Å². The molecule has 12 rings (SSSR count). The van der Waals surface area contributed by atoms with Gasteiger partial charge in [-0.3, -0.25) is 4.57 Å². The lowest BCUT2D eigenvalue weighted by Crippen LogP contribution is -2.04. The summed E-state index contributed by atoms with van der Waals surface area (Å²) in [6.07, 6.45) is 0. The Morgan fingerprint density at radius 1 is 0.385 bits per heavy atom. The van der Waals surface area contributed by atoms with Gasteiger partial charge in [-0.25, -0.2) is 9.97 Å². The number of hydrogen-bond donors (Lipinski definition) is 0. The molecule has 0 N–H and O–H groups in total. The van der Waals surface area contributed by atoms with E-state index in [1.54, 1.807) is 0 Å². The number of aromatic nitrogens is 4. The Kier molecular flexibility index (Phi) is 5.47. The van der Waals surface area contributed by atoms with E-state index in [4.69, 9.17) is 9.97 Å². The van der Waals surface area contributed by atoms with Crippen LogP contribution in [0.4, 0.5) is 0 Å². The first-order chi connectivity index (χ1) is 25.8. The molecule has 0 atom stereocenters. The van der Waals surface area contributed by atoms with Gasteiger partial charge in [0.05, 0.1) is 38.6 Å². The molecule has 0 saturated carbocycles. The summed E-state index contributed by atoms with van der Waals surface area (Å²) in [7, 11) is 0. The van der Waals surface area contributed by atoms with Crippen LogP contribution in [0.2, 0.25) is 0 Å². The van der Waals surface area contributed by atoms with Gasteiger partial charge < -0.3 is 4.40 Å². The molecule has 0 aliphatic carbocycles. The fourth-order valence-corrected chi connectivity index (χ4v) is 8.80. The Balaban J connectivity index is 1.29. The van der Waals surface area contributed by atoms with E-state index in [0.29, 0.717) is 0 Å². The van der Waals surface area contributed by atoms with Crippen molar-refractivity contribution in [3.8, 4) is 28.2 Å². The molecule has 4 aromatic heterocycles. The fourth-order valence-electron chi connectivity index (χ4n) is 8.80. The molecule has 240 valence electrons. The monoisotopic (exact) mass is 660 g/mol. The molecule has 0 unspecified atom stereocenters. The van der Waals surface area contributed by atoms with Crippen LogP contribution < -0.4 is 0 Å². The predicted octanol–water partition coefficient (Wildman–Crippen LogP) is 12.4. The molecular formula is C48H28N4. The van der Waals surface area contributed by atoms with E-state index in [0.717, 1.165) is 49.9 Å². The second kappa shape index (κ2) is 10.3. The van der Waals surface area contributed by atoms with E-state index in [1.807, 2.05) is 0 Å². The van der Waals surface area contributed by atoms with Crippen LogP contribution in [0.5, 0.6) is 0 Å². The molecule has 0 saturated heterocycles. The Morgan fingerprint density at radius 2 is 1.04 bits per heavy atom. The minimum absolute atomic E-state index is 0.826. The predicted molar refractivity (Wildman–Crippen MR) is 217 cm³/mol. The van der Waals surface area contributed by atoms with Crippen molar-refractivity contribution >= 4 is 81.7 Å². The molecule has 4 heteroatoms. The van der Waals surface area contributed by atoms with E-state index in [9.17, 15) is 0 Å². The summed E-state index contributed by atoms with van der Waals surface area (Å²) in [5.74, 6) is 0.826. The van der Waals surface area contributed by atoms with Crippen LogP contribution in [-0.2, 0) is 0 Å². The Morgan fingerprint density at radius 3 is 1.88 bits per heavy atom. The highest BCUT2D eigenvalue weighted by atomic mass is 15.1. The SMILES string of the molecule is c1ccc(-c2ccc3c4cccc5c6cccc7c6c6c(cccc6n(c3c2)c54)n7-c2nc3c(ccc4ccccc43)nc2-c2ccccc2)cc1. The van der Waals surface area contributed by atoms with Crippen LogP contribution in [0.15, 0.2) is 170 Å². The largest absolute Gasteiger partial charge is 0.308 e. The summed E-state index contributed by atoms with van der Waals surface area (Å²) in [5.41, 5.74) is 11.9. The summed E-state index contributed by atoms with van der Waals surface area (Å²) in [4.78, 5) is 11.0. The Hall–Kier alpha value is -7.04. The van der Waals surface area contributed by atoms with E-state index in [2.05, 4.69) is 179 Å². The number of rotatable bonds is 3. The van der Waals surface area contributed by atoms with Gasteiger partial charge in [0, 0.05) is 37.9 Å². The molecule has 12 aromatic rings. The first-order valence-corrected chi connectivity index (χ1v) is 17.8. The average Bonchev–Trinajstić information content (AvgIpc) is 3.69. The Labute approximate surface area is 297 Å². The quantitative estimate of drug-likeness (QED) is 0.177. The smallest absolute Gasteiger partial charge is 0.165 e. The van der Waals surface area contributed by atoms with Crippen molar-refractivity contribution in [3.05, 3.63) is 170 Å². The summed E-state index contributed by atoms with van der Waals surface area (Å²) in [5, 5.41) is 9.67. The first-order valence-electron chi connectivity index (χ1n) is 17.8. The molecule has 0 amide bonds. The average molecular weight is 661 g/mol. The van der Waals surface area contributed by atoms with E-state index >= 15 is 0 Å². The van der Waals surface area contributed by atoms with Gasteiger partial charge in [-0.15, -0.1) is 0 Å². The topological polar surface area (TPSA) is 35.1 Å². The minimum Gasteiger partial charge on any atom is -0.308 e. The van der Waals surface area contributed by atoms with Crippen LogP contribution in [0.1, 0.15) is 0 Å². The van der Waals surface area contributed by atoms with Crippen LogP contribution >= 0.6 is 0 Å². The third kappa shape index (κ3) is 3.65. The van der Waals surface area contributed by atoms with Crippen LogP contribution in [0, 0.1) is 0 Å². The number of fused-ring (bicyclic) bond motifs is 8. The van der Waals surface area contributed by atoms with Gasteiger partial charge in [-0.05, 0) is 52.2 Å². The van der Waals surface area contributed by atoms with Crippen molar-refractivity contribution in [2.75, 3.05) is 0 Å². The highest BCUT2D eigenvalue weighted by Gasteiger charge is 2.24. The summed E-state index contributed by atoms with van der Waals surface area (Å²) in [6.45, 7) is 0. The standard InChI is InChI=1S/C48H28N4/c1-3-12-29(13-4-1)32-24-26-34-36-19-9-20-37-35-18-10-21-39-43(35)44-40(51(47(36)37)42(34)28-32)22-11-23-41(44)52(39)48-45(31-15-5-2-6-16-31)49-38-27-25-30-14-7-8-17-33(30)46(38)50-48/h1-28H. The molecular weight excluding hydrogens is 633 g/mol. The number of para-hydroxylation sites is 1. The van der Waals surface area contributed by atoms with Gasteiger partial charge >= 0.3 is 0 Å². The van der Waals surface area contributed by atoms with Crippen molar-refractivity contribution in [1.82, 2.24) is 18.9 Å². The van der Waals surface area contributed by atoms with Crippen molar-refractivity contribution in [3.63, 3.8) is 0 Å². The molecule has 4 nitrogen and oxygen atoms in total. The maximum Gasteiger partial charge on any atom is 0.165 e. The van der Waals surface area contributed by atoms with E-state index < -0.39 is 0 Å². The molecule has 0 fully saturated rings. The maximum atomic E-state index is 5.59. The third-order valence-corrected chi connectivity index (χ3v) is 11.0. The third-order valence-electron chi connectivity index (χ3n) is 11.0. The van der Waals surface area contributed by atoms with Crippen LogP contribution in [0.3, 0.4) is 0 Å². The second-order valence-corrected chi connectivity index (χ2v) is 13.8. The van der Waals surface area contributed by atoms with Gasteiger partial charge in [-0.1, -0.05) is 140 Å². The van der Waals surface area contributed by atoms with Gasteiger partial charge in [0.2, 0.25) is 0 Å². The lowest BCUT2D eigenvalue weighted by Gasteiger charge is -2.15. The Bertz CT molecular complexity index is 3390. The van der Waals surface area contributed by atoms with Gasteiger partial charge in [-0.2, -0.15) is 0 Å². The van der Waals surface area contributed by atoms with Crippen molar-refractivity contribution in [2.24, 2.45) is 0 Å². The molecule has 0 aliphatic heterocycles. The van der Waals surface area contributed by atoms with E-state index in [-0.39, 0.29) is 0 Å². The highest BCUT2D eigenvalue weighted by Crippen LogP contribution is 2.45. The lowest BCUT2D eigenvalue weighted by molar-refractivity contribution is 1.08. The van der Waals surface area contributed by atoms with Crippen LogP contribution in [0.25, 0.3) is 110 Å². The number of hydrogen-bond acceptors (Lipinski definition) is 2. The number of nitrogens with zero attached hydrogens (tertiary/aromatic N) is 4. The normalized spacial score (nSPS) is 12.2. The summed E-state index contributed by atoms with van der Waals surface area (Å²) >= 11 is 0. The number of benzene rings is 8. The zero-order valence-corrected chi connectivity index (χ0v) is 28.0. The second-order valence-electron chi connectivity index (χ2n) is 13.8. The fraction of sp³-hybridized carbons (Fsp3) is 0. The zero-order valence-electron chi connectivity index (χ0n) is 28.0. The maximum absolute atomic E-state index is 5.59. The molecule has 52 heavy (non-hydrogen) atoms. The molecule has 0 bridgehead atoms. The van der Waals surface area contributed by atoms with Gasteiger partial charge in [0.25, 0.3) is 0 Å². The van der Waals surface area contributed by atoms with E-state index in [1.165, 1.54) is 60.0 Å². The molecule has 8 aromatic carbocycles. The highest BCUT2D eigenvalue weighted by molar-refractivity contribution is 6.31. The van der Waals surface area contributed by atoms with Crippen molar-refractivity contribution in [1.29, 1.82) is 0 Å². The first kappa shape index (κ1) is 27.7. The summed E-state index contributed by atoms with van der Waals surface area (Å²) in [6, 6.07) is 61.1. The molecule has 0 radical (unpaired) electrons. The minimum atomic E-state index is 0.826. The molecule has 0 spiro atoms. The van der Waals surface area contributed by atoms with Gasteiger partial charge in [0.1, 0.15) is 5.69 Å². The summed E-state index contributed by atoms with van der Waals surface area (Å²) < 4.78 is 4.87. The van der Waals surface area contributed by atoms with Gasteiger partial charge in [0.15, 0.2) is 5.82 Å². The molecule has 0 aliphatic rings. The van der Waals surface area contributed by atoms with Crippen molar-refractivity contribution < 1.29 is 0 Å².